The molecule has 3 aromatic rings. The zero-order valence-corrected chi connectivity index (χ0v) is 16.0. The van der Waals surface area contributed by atoms with Crippen LogP contribution in [0, 0.1) is 0 Å². The summed E-state index contributed by atoms with van der Waals surface area (Å²) in [6.07, 6.45) is 3.53. The normalized spacial score (nSPS) is 14.5. The van der Waals surface area contributed by atoms with Gasteiger partial charge in [0.05, 0.1) is 17.2 Å². The van der Waals surface area contributed by atoms with Crippen LogP contribution in [0.3, 0.4) is 0 Å². The molecule has 0 spiro atoms. The minimum atomic E-state index is -0.180. The molecule has 0 saturated carbocycles. The number of rotatable bonds is 4. The maximum Gasteiger partial charge on any atom is 0.261 e. The highest BCUT2D eigenvalue weighted by Gasteiger charge is 2.21. The van der Waals surface area contributed by atoms with Gasteiger partial charge in [-0.2, -0.15) is 0 Å². The lowest BCUT2D eigenvalue weighted by Gasteiger charge is -2.35. The fourth-order valence-electron chi connectivity index (χ4n) is 3.39. The predicted molar refractivity (Wildman–Crippen MR) is 109 cm³/mol. The van der Waals surface area contributed by atoms with Crippen LogP contribution in [0.1, 0.15) is 6.42 Å². The number of amides is 1. The molecule has 8 heteroatoms. The van der Waals surface area contributed by atoms with E-state index in [9.17, 15) is 9.59 Å². The van der Waals surface area contributed by atoms with E-state index in [4.69, 9.17) is 11.6 Å². The minimum Gasteiger partial charge on any atom is -0.353 e. The summed E-state index contributed by atoms with van der Waals surface area (Å²) in [6, 6.07) is 10.9. The predicted octanol–water partition coefficient (Wildman–Crippen LogP) is 2.18. The average Bonchev–Trinajstić information content (AvgIpc) is 2.74. The number of halogens is 1. The van der Waals surface area contributed by atoms with E-state index in [1.54, 1.807) is 24.4 Å². The van der Waals surface area contributed by atoms with Gasteiger partial charge < -0.3 is 9.80 Å². The number of piperazine rings is 1. The van der Waals surface area contributed by atoms with E-state index >= 15 is 0 Å². The largest absolute Gasteiger partial charge is 0.353 e. The summed E-state index contributed by atoms with van der Waals surface area (Å²) < 4.78 is 1.47. The molecule has 1 aromatic carbocycles. The van der Waals surface area contributed by atoms with Gasteiger partial charge in [-0.15, -0.1) is 0 Å². The molecule has 3 heterocycles. The molecule has 1 fully saturated rings. The minimum absolute atomic E-state index is 0.0405. The first-order chi connectivity index (χ1) is 13.6. The number of nitrogens with zero attached hydrogens (tertiary/aromatic N) is 5. The molecule has 4 rings (SSSR count). The van der Waals surface area contributed by atoms with Gasteiger partial charge in [0.15, 0.2) is 0 Å². The van der Waals surface area contributed by atoms with E-state index < -0.39 is 0 Å². The van der Waals surface area contributed by atoms with Gasteiger partial charge in [0.2, 0.25) is 5.91 Å². The Balaban J connectivity index is 1.37. The van der Waals surface area contributed by atoms with Gasteiger partial charge in [-0.05, 0) is 30.3 Å². The lowest BCUT2D eigenvalue weighted by molar-refractivity contribution is -0.131. The molecule has 1 aliphatic heterocycles. The summed E-state index contributed by atoms with van der Waals surface area (Å²) in [4.78, 5) is 37.8. The number of carbonyl (C=O) groups is 1. The fourth-order valence-corrected chi connectivity index (χ4v) is 3.56. The third-order valence-electron chi connectivity index (χ3n) is 4.96. The summed E-state index contributed by atoms with van der Waals surface area (Å²) in [7, 11) is 0. The van der Waals surface area contributed by atoms with Crippen molar-refractivity contribution in [1.82, 2.24) is 19.4 Å². The Labute approximate surface area is 167 Å². The van der Waals surface area contributed by atoms with Gasteiger partial charge in [-0.25, -0.2) is 9.97 Å². The highest BCUT2D eigenvalue weighted by Crippen LogP contribution is 2.15. The van der Waals surface area contributed by atoms with E-state index in [0.29, 0.717) is 35.6 Å². The molecule has 28 heavy (non-hydrogen) atoms. The number of pyridine rings is 1. The molecule has 1 saturated heterocycles. The topological polar surface area (TPSA) is 71.3 Å². The van der Waals surface area contributed by atoms with E-state index in [1.165, 1.54) is 10.9 Å². The van der Waals surface area contributed by atoms with Crippen LogP contribution < -0.4 is 10.5 Å². The van der Waals surface area contributed by atoms with Crippen LogP contribution in [-0.4, -0.2) is 51.5 Å². The van der Waals surface area contributed by atoms with Crippen LogP contribution in [0.25, 0.3) is 10.9 Å². The zero-order valence-electron chi connectivity index (χ0n) is 15.3. The molecule has 144 valence electrons. The molecule has 0 bridgehead atoms. The highest BCUT2D eigenvalue weighted by molar-refractivity contribution is 6.31. The summed E-state index contributed by atoms with van der Waals surface area (Å²) in [5.74, 6) is 0.973. The Bertz CT molecular complexity index is 1050. The Morgan fingerprint density at radius 3 is 2.64 bits per heavy atom. The van der Waals surface area contributed by atoms with Crippen molar-refractivity contribution in [2.45, 2.75) is 13.0 Å². The Hall–Kier alpha value is -2.93. The molecule has 7 nitrogen and oxygen atoms in total. The Kier molecular flexibility index (Phi) is 5.25. The van der Waals surface area contributed by atoms with E-state index in [0.717, 1.165) is 18.9 Å². The number of carbonyl (C=O) groups excluding carboxylic acids is 1. The van der Waals surface area contributed by atoms with Gasteiger partial charge in [0.1, 0.15) is 5.82 Å². The van der Waals surface area contributed by atoms with Crippen LogP contribution in [0.5, 0.6) is 0 Å². The van der Waals surface area contributed by atoms with Crippen molar-refractivity contribution in [2.24, 2.45) is 0 Å². The third-order valence-corrected chi connectivity index (χ3v) is 5.19. The number of aromatic nitrogens is 3. The molecule has 0 aliphatic carbocycles. The summed E-state index contributed by atoms with van der Waals surface area (Å²) >= 11 is 5.98. The first kappa shape index (κ1) is 18.4. The fraction of sp³-hybridized carbons (Fsp3) is 0.300. The lowest BCUT2D eigenvalue weighted by atomic mass is 10.2. The molecule has 0 unspecified atom stereocenters. The second-order valence-electron chi connectivity index (χ2n) is 6.71. The van der Waals surface area contributed by atoms with E-state index in [2.05, 4.69) is 14.9 Å². The van der Waals surface area contributed by atoms with Crippen LogP contribution in [-0.2, 0) is 11.3 Å². The number of benzene rings is 1. The Morgan fingerprint density at radius 2 is 1.89 bits per heavy atom. The smallest absolute Gasteiger partial charge is 0.261 e. The second kappa shape index (κ2) is 7.98. The molecular formula is C20H20ClN5O2. The van der Waals surface area contributed by atoms with Crippen molar-refractivity contribution in [3.05, 3.63) is 64.3 Å². The molecule has 1 aliphatic rings. The third kappa shape index (κ3) is 3.84. The number of hydrogen-bond acceptors (Lipinski definition) is 5. The number of anilines is 1. The Morgan fingerprint density at radius 1 is 1.07 bits per heavy atom. The molecule has 1 amide bonds. The van der Waals surface area contributed by atoms with E-state index in [-0.39, 0.29) is 17.9 Å². The van der Waals surface area contributed by atoms with Crippen molar-refractivity contribution in [2.75, 3.05) is 31.1 Å². The number of fused-ring (bicyclic) bond motifs is 1. The maximum atomic E-state index is 12.6. The van der Waals surface area contributed by atoms with Gasteiger partial charge in [-0.3, -0.25) is 14.2 Å². The van der Waals surface area contributed by atoms with Gasteiger partial charge >= 0.3 is 0 Å². The molecule has 0 atom stereocenters. The van der Waals surface area contributed by atoms with Crippen molar-refractivity contribution in [3.8, 4) is 0 Å². The number of hydrogen-bond donors (Lipinski definition) is 0. The second-order valence-corrected chi connectivity index (χ2v) is 7.15. The summed E-state index contributed by atoms with van der Waals surface area (Å²) in [5.41, 5.74) is 0.419. The number of aryl methyl sites for hydroxylation is 1. The van der Waals surface area contributed by atoms with Gasteiger partial charge in [0, 0.05) is 50.4 Å². The maximum absolute atomic E-state index is 12.6. The first-order valence-corrected chi connectivity index (χ1v) is 9.58. The molecule has 0 radical (unpaired) electrons. The van der Waals surface area contributed by atoms with Crippen LogP contribution in [0.15, 0.2) is 53.7 Å². The molecule has 0 N–H and O–H groups in total. The average molecular weight is 398 g/mol. The van der Waals surface area contributed by atoms with E-state index in [1.807, 2.05) is 23.1 Å². The lowest BCUT2D eigenvalue weighted by Crippen LogP contribution is -2.49. The quantitative estimate of drug-likeness (QED) is 0.674. The summed E-state index contributed by atoms with van der Waals surface area (Å²) in [6.45, 7) is 3.09. The SMILES string of the molecule is O=C(CCn1cnc2ccc(Cl)cc2c1=O)N1CCN(c2ccccn2)CC1. The van der Waals surface area contributed by atoms with Crippen LogP contribution in [0.4, 0.5) is 5.82 Å². The van der Waals surface area contributed by atoms with Gasteiger partial charge in [-0.1, -0.05) is 17.7 Å². The molecular weight excluding hydrogens is 378 g/mol. The van der Waals surface area contributed by atoms with Crippen molar-refractivity contribution in [3.63, 3.8) is 0 Å². The van der Waals surface area contributed by atoms with Crippen molar-refractivity contribution >= 4 is 34.2 Å². The monoisotopic (exact) mass is 397 g/mol. The van der Waals surface area contributed by atoms with Gasteiger partial charge in [0.25, 0.3) is 5.56 Å². The summed E-state index contributed by atoms with van der Waals surface area (Å²) in [5, 5.41) is 0.956. The molecule has 2 aromatic heterocycles. The van der Waals surface area contributed by atoms with Crippen LogP contribution in [0.2, 0.25) is 5.02 Å². The first-order valence-electron chi connectivity index (χ1n) is 9.20. The van der Waals surface area contributed by atoms with Crippen molar-refractivity contribution < 1.29 is 4.79 Å². The highest BCUT2D eigenvalue weighted by atomic mass is 35.5. The van der Waals surface area contributed by atoms with Crippen molar-refractivity contribution in [1.29, 1.82) is 0 Å². The standard InChI is InChI=1S/C20H20ClN5O2/c21-15-4-5-17-16(13-15)20(28)26(14-23-17)8-6-19(27)25-11-9-24(10-12-25)18-3-1-2-7-22-18/h1-5,7,13-14H,6,8-12H2. The van der Waals surface area contributed by atoms with Crippen LogP contribution >= 0.6 is 11.6 Å². The zero-order chi connectivity index (χ0) is 19.5.